The molecule has 0 spiro atoms. The minimum atomic E-state index is -0.250. The van der Waals surface area contributed by atoms with Crippen LogP contribution in [0.5, 0.6) is 0 Å². The maximum atomic E-state index is 14.0. The van der Waals surface area contributed by atoms with Crippen LogP contribution in [0.3, 0.4) is 0 Å². The fraction of sp³-hybridized carbons (Fsp3) is 0.276. The molecular weight excluding hydrogens is 454 g/mol. The van der Waals surface area contributed by atoms with Gasteiger partial charge in [0.15, 0.2) is 5.76 Å². The summed E-state index contributed by atoms with van der Waals surface area (Å²) in [4.78, 5) is 33.4. The van der Waals surface area contributed by atoms with Crippen molar-refractivity contribution in [2.45, 2.75) is 32.8 Å². The van der Waals surface area contributed by atoms with Crippen molar-refractivity contribution < 1.29 is 18.7 Å². The molecule has 0 aliphatic carbocycles. The normalized spacial score (nSPS) is 15.2. The molecule has 184 valence electrons. The average molecular weight is 484 g/mol. The number of rotatable bonds is 7. The van der Waals surface area contributed by atoms with Gasteiger partial charge in [-0.1, -0.05) is 30.3 Å². The zero-order valence-electron chi connectivity index (χ0n) is 20.5. The fourth-order valence-corrected chi connectivity index (χ4v) is 4.58. The molecule has 1 aliphatic heterocycles. The van der Waals surface area contributed by atoms with Gasteiger partial charge in [0.2, 0.25) is 5.91 Å². The lowest BCUT2D eigenvalue weighted by molar-refractivity contribution is -0.117. The van der Waals surface area contributed by atoms with E-state index in [2.05, 4.69) is 10.3 Å². The standard InChI is InChI=1S/C29H29N3O4/c1-19-8-5-12-24(20(19)2)31-28(33)18-32(17-21-9-6-14-35-21)29(34)23-16-26(27-13-7-15-36-27)30-25-11-4-3-10-22(23)25/h3-5,7-8,10-13,15-16,21H,6,9,14,17-18H2,1-2H3,(H,31,33)/t21-/m1/s1. The average Bonchev–Trinajstić information content (AvgIpc) is 3.60. The van der Waals surface area contributed by atoms with Gasteiger partial charge in [0.25, 0.3) is 5.91 Å². The van der Waals surface area contributed by atoms with Crippen LogP contribution in [-0.4, -0.2) is 47.5 Å². The number of anilines is 1. The number of para-hydroxylation sites is 1. The Kier molecular flexibility index (Phi) is 6.82. The summed E-state index contributed by atoms with van der Waals surface area (Å²) in [6, 6.07) is 18.6. The smallest absolute Gasteiger partial charge is 0.255 e. The van der Waals surface area contributed by atoms with Crippen LogP contribution < -0.4 is 5.32 Å². The van der Waals surface area contributed by atoms with Gasteiger partial charge in [-0.05, 0) is 68.1 Å². The number of amides is 2. The number of carbonyl (C=O) groups is 2. The predicted molar refractivity (Wildman–Crippen MR) is 139 cm³/mol. The van der Waals surface area contributed by atoms with Crippen molar-refractivity contribution in [1.82, 2.24) is 9.88 Å². The number of nitrogens with one attached hydrogen (secondary N) is 1. The first-order valence-electron chi connectivity index (χ1n) is 12.2. The maximum Gasteiger partial charge on any atom is 0.255 e. The lowest BCUT2D eigenvalue weighted by Gasteiger charge is -2.26. The van der Waals surface area contributed by atoms with Crippen molar-refractivity contribution in [2.24, 2.45) is 0 Å². The van der Waals surface area contributed by atoms with E-state index in [9.17, 15) is 9.59 Å². The summed E-state index contributed by atoms with van der Waals surface area (Å²) in [7, 11) is 0. The first-order chi connectivity index (χ1) is 17.5. The topological polar surface area (TPSA) is 84.7 Å². The Morgan fingerprint density at radius 2 is 1.94 bits per heavy atom. The van der Waals surface area contributed by atoms with Crippen molar-refractivity contribution >= 4 is 28.4 Å². The number of hydrogen-bond donors (Lipinski definition) is 1. The number of pyridine rings is 1. The summed E-state index contributed by atoms with van der Waals surface area (Å²) in [5.41, 5.74) is 4.58. The fourth-order valence-electron chi connectivity index (χ4n) is 4.58. The quantitative estimate of drug-likeness (QED) is 0.382. The Labute approximate surface area is 210 Å². The molecule has 7 heteroatoms. The molecule has 0 radical (unpaired) electrons. The highest BCUT2D eigenvalue weighted by Crippen LogP contribution is 2.27. The molecule has 2 aromatic carbocycles. The largest absolute Gasteiger partial charge is 0.463 e. The number of aromatic nitrogens is 1. The van der Waals surface area contributed by atoms with Gasteiger partial charge >= 0.3 is 0 Å². The summed E-state index contributed by atoms with van der Waals surface area (Å²) < 4.78 is 11.4. The number of benzene rings is 2. The lowest BCUT2D eigenvalue weighted by Crippen LogP contribution is -2.42. The summed E-state index contributed by atoms with van der Waals surface area (Å²) in [6.45, 7) is 4.90. The van der Waals surface area contributed by atoms with Crippen LogP contribution in [0.1, 0.15) is 34.3 Å². The van der Waals surface area contributed by atoms with Gasteiger partial charge in [-0.2, -0.15) is 0 Å². The Morgan fingerprint density at radius 1 is 1.08 bits per heavy atom. The molecule has 0 saturated carbocycles. The van der Waals surface area contributed by atoms with E-state index in [4.69, 9.17) is 9.15 Å². The van der Waals surface area contributed by atoms with Crippen LogP contribution in [0.2, 0.25) is 0 Å². The first kappa shape index (κ1) is 23.8. The maximum absolute atomic E-state index is 14.0. The Balaban J connectivity index is 1.48. The van der Waals surface area contributed by atoms with E-state index in [1.165, 1.54) is 0 Å². The van der Waals surface area contributed by atoms with E-state index < -0.39 is 0 Å². The van der Waals surface area contributed by atoms with Crippen molar-refractivity contribution in [2.75, 3.05) is 25.0 Å². The van der Waals surface area contributed by atoms with E-state index in [1.54, 1.807) is 23.3 Å². The Morgan fingerprint density at radius 3 is 2.72 bits per heavy atom. The van der Waals surface area contributed by atoms with Gasteiger partial charge in [0, 0.05) is 24.2 Å². The summed E-state index contributed by atoms with van der Waals surface area (Å²) in [6.07, 6.45) is 3.29. The van der Waals surface area contributed by atoms with Gasteiger partial charge < -0.3 is 19.4 Å². The van der Waals surface area contributed by atoms with E-state index >= 15 is 0 Å². The highest BCUT2D eigenvalue weighted by atomic mass is 16.5. The monoisotopic (exact) mass is 483 g/mol. The molecular formula is C29H29N3O4. The number of hydrogen-bond acceptors (Lipinski definition) is 5. The van der Waals surface area contributed by atoms with Crippen LogP contribution in [0.25, 0.3) is 22.4 Å². The van der Waals surface area contributed by atoms with Crippen molar-refractivity contribution in [3.05, 3.63) is 83.6 Å². The second-order valence-electron chi connectivity index (χ2n) is 9.17. The highest BCUT2D eigenvalue weighted by Gasteiger charge is 2.27. The van der Waals surface area contributed by atoms with Gasteiger partial charge in [0.1, 0.15) is 12.2 Å². The van der Waals surface area contributed by atoms with Crippen LogP contribution in [-0.2, 0) is 9.53 Å². The van der Waals surface area contributed by atoms with Gasteiger partial charge in [-0.3, -0.25) is 9.59 Å². The molecule has 3 heterocycles. The second-order valence-corrected chi connectivity index (χ2v) is 9.17. The number of aryl methyl sites for hydroxylation is 1. The number of furan rings is 1. The van der Waals surface area contributed by atoms with E-state index in [1.807, 2.05) is 62.4 Å². The minimum Gasteiger partial charge on any atom is -0.463 e. The number of carbonyl (C=O) groups excluding carboxylic acids is 2. The minimum absolute atomic E-state index is 0.0845. The molecule has 2 amide bonds. The van der Waals surface area contributed by atoms with Crippen LogP contribution in [0.15, 0.2) is 71.3 Å². The van der Waals surface area contributed by atoms with Crippen LogP contribution in [0.4, 0.5) is 5.69 Å². The van der Waals surface area contributed by atoms with Crippen LogP contribution >= 0.6 is 0 Å². The van der Waals surface area contributed by atoms with E-state index in [0.29, 0.717) is 35.7 Å². The lowest BCUT2D eigenvalue weighted by atomic mass is 10.0. The summed E-state index contributed by atoms with van der Waals surface area (Å²) in [5, 5.41) is 3.71. The molecule has 0 bridgehead atoms. The summed E-state index contributed by atoms with van der Waals surface area (Å²) >= 11 is 0. The van der Waals surface area contributed by atoms with Gasteiger partial charge in [-0.25, -0.2) is 4.98 Å². The first-order valence-corrected chi connectivity index (χ1v) is 12.2. The van der Waals surface area contributed by atoms with E-state index in [-0.39, 0.29) is 24.5 Å². The number of ether oxygens (including phenoxy) is 1. The zero-order valence-corrected chi connectivity index (χ0v) is 20.5. The number of nitrogens with zero attached hydrogens (tertiary/aromatic N) is 2. The molecule has 0 unspecified atom stereocenters. The Hall–Kier alpha value is -3.97. The molecule has 1 N–H and O–H groups in total. The molecule has 1 aliphatic rings. The third kappa shape index (κ3) is 5.02. The van der Waals surface area contributed by atoms with Crippen molar-refractivity contribution in [3.63, 3.8) is 0 Å². The molecule has 1 fully saturated rings. The Bertz CT molecular complexity index is 1390. The number of fused-ring (bicyclic) bond motifs is 1. The van der Waals surface area contributed by atoms with E-state index in [0.717, 1.165) is 35.0 Å². The van der Waals surface area contributed by atoms with Gasteiger partial charge in [-0.15, -0.1) is 0 Å². The van der Waals surface area contributed by atoms with Gasteiger partial charge in [0.05, 0.1) is 23.4 Å². The molecule has 2 aromatic heterocycles. The predicted octanol–water partition coefficient (Wildman–Crippen LogP) is 5.37. The second kappa shape index (κ2) is 10.3. The summed E-state index contributed by atoms with van der Waals surface area (Å²) in [5.74, 6) is 0.0841. The molecule has 1 atom stereocenters. The zero-order chi connectivity index (χ0) is 25.1. The van der Waals surface area contributed by atoms with Crippen molar-refractivity contribution in [3.8, 4) is 11.5 Å². The molecule has 5 rings (SSSR count). The third-order valence-corrected chi connectivity index (χ3v) is 6.67. The van der Waals surface area contributed by atoms with Crippen LogP contribution in [0, 0.1) is 13.8 Å². The molecule has 4 aromatic rings. The molecule has 7 nitrogen and oxygen atoms in total. The highest BCUT2D eigenvalue weighted by molar-refractivity contribution is 6.08. The molecule has 1 saturated heterocycles. The molecule has 36 heavy (non-hydrogen) atoms. The SMILES string of the molecule is Cc1cccc(NC(=O)CN(C[C@H]2CCCO2)C(=O)c2cc(-c3ccco3)nc3ccccc23)c1C. The third-order valence-electron chi connectivity index (χ3n) is 6.67. The van der Waals surface area contributed by atoms with Crippen molar-refractivity contribution in [1.29, 1.82) is 0 Å².